The number of nitrogens with two attached hydrogens (primary N) is 1. The Morgan fingerprint density at radius 1 is 1.31 bits per heavy atom. The molecule has 0 saturated carbocycles. The van der Waals surface area contributed by atoms with Gasteiger partial charge in [0.2, 0.25) is 0 Å². The first-order valence-corrected chi connectivity index (χ1v) is 5.64. The average molecular weight is 220 g/mol. The Bertz CT molecular complexity index is 388. The van der Waals surface area contributed by atoms with E-state index in [4.69, 9.17) is 10.5 Å². The van der Waals surface area contributed by atoms with Crippen molar-refractivity contribution in [3.05, 3.63) is 29.3 Å². The van der Waals surface area contributed by atoms with E-state index >= 15 is 0 Å². The number of nitrogen functional groups attached to an aromatic ring is 1. The van der Waals surface area contributed by atoms with Gasteiger partial charge in [0, 0.05) is 31.4 Å². The fourth-order valence-electron chi connectivity index (χ4n) is 2.29. The molecular formula is C13H20N2O. The second kappa shape index (κ2) is 4.07. The molecule has 1 aliphatic heterocycles. The van der Waals surface area contributed by atoms with Crippen LogP contribution in [0.1, 0.15) is 25.0 Å². The molecule has 0 saturated heterocycles. The Kier molecular flexibility index (Phi) is 2.91. The van der Waals surface area contributed by atoms with Crippen molar-refractivity contribution in [1.29, 1.82) is 0 Å². The highest BCUT2D eigenvalue weighted by Gasteiger charge is 2.31. The summed E-state index contributed by atoms with van der Waals surface area (Å²) in [6.07, 6.45) is 0. The van der Waals surface area contributed by atoms with Crippen molar-refractivity contribution >= 4 is 5.69 Å². The Hall–Kier alpha value is -1.06. The second-order valence-electron chi connectivity index (χ2n) is 5.13. The molecule has 2 rings (SSSR count). The van der Waals surface area contributed by atoms with Crippen molar-refractivity contribution in [3.63, 3.8) is 0 Å². The summed E-state index contributed by atoms with van der Waals surface area (Å²) in [5.74, 6) is 0. The molecule has 0 amide bonds. The molecule has 1 aliphatic rings. The smallest absolute Gasteiger partial charge is 0.0641 e. The third kappa shape index (κ3) is 2.06. The van der Waals surface area contributed by atoms with Crippen LogP contribution in [0.4, 0.5) is 5.69 Å². The van der Waals surface area contributed by atoms with Gasteiger partial charge in [-0.05, 0) is 37.1 Å². The number of hydrogen-bond donors (Lipinski definition) is 1. The molecular weight excluding hydrogens is 200 g/mol. The summed E-state index contributed by atoms with van der Waals surface area (Å²) < 4.78 is 5.28. The topological polar surface area (TPSA) is 38.5 Å². The molecule has 0 atom stereocenters. The minimum atomic E-state index is 0.0720. The van der Waals surface area contributed by atoms with Crippen LogP contribution in [0.25, 0.3) is 0 Å². The van der Waals surface area contributed by atoms with Crippen LogP contribution in [0.15, 0.2) is 18.2 Å². The molecule has 0 radical (unpaired) electrons. The van der Waals surface area contributed by atoms with Gasteiger partial charge in [0.05, 0.1) is 6.61 Å². The zero-order chi connectivity index (χ0) is 11.8. The van der Waals surface area contributed by atoms with Crippen molar-refractivity contribution in [1.82, 2.24) is 4.90 Å². The van der Waals surface area contributed by atoms with Gasteiger partial charge in [-0.3, -0.25) is 4.90 Å². The maximum Gasteiger partial charge on any atom is 0.0641 e. The molecule has 0 aromatic heterocycles. The van der Waals surface area contributed by atoms with Gasteiger partial charge in [-0.15, -0.1) is 0 Å². The highest BCUT2D eigenvalue weighted by molar-refractivity contribution is 5.46. The summed E-state index contributed by atoms with van der Waals surface area (Å²) in [6.45, 7) is 7.14. The van der Waals surface area contributed by atoms with E-state index in [-0.39, 0.29) is 5.54 Å². The normalized spacial score (nSPS) is 16.4. The van der Waals surface area contributed by atoms with Crippen molar-refractivity contribution in [2.45, 2.75) is 32.5 Å². The lowest BCUT2D eigenvalue weighted by Crippen LogP contribution is -2.43. The lowest BCUT2D eigenvalue weighted by molar-refractivity contribution is 0.0310. The first kappa shape index (κ1) is 11.4. The van der Waals surface area contributed by atoms with Crippen LogP contribution in [0.2, 0.25) is 0 Å². The number of hydrogen-bond acceptors (Lipinski definition) is 3. The molecule has 3 heteroatoms. The number of benzene rings is 1. The Morgan fingerprint density at radius 3 is 2.69 bits per heavy atom. The van der Waals surface area contributed by atoms with Gasteiger partial charge in [0.1, 0.15) is 0 Å². The summed E-state index contributed by atoms with van der Waals surface area (Å²) in [5, 5.41) is 0. The van der Waals surface area contributed by atoms with Crippen molar-refractivity contribution in [2.75, 3.05) is 19.5 Å². The standard InChI is InChI=1S/C13H20N2O/c1-13(2,9-16-3)15-7-10-4-5-12(14)6-11(10)8-15/h4-6H,7-9,14H2,1-3H3. The third-order valence-electron chi connectivity index (χ3n) is 3.31. The lowest BCUT2D eigenvalue weighted by atomic mass is 10.1. The number of rotatable bonds is 3. The van der Waals surface area contributed by atoms with E-state index in [1.807, 2.05) is 6.07 Å². The summed E-state index contributed by atoms with van der Waals surface area (Å²) in [6, 6.07) is 6.19. The summed E-state index contributed by atoms with van der Waals surface area (Å²) in [5.41, 5.74) is 9.46. The van der Waals surface area contributed by atoms with Crippen molar-refractivity contribution in [2.24, 2.45) is 0 Å². The van der Waals surface area contributed by atoms with Crippen LogP contribution in [0, 0.1) is 0 Å². The monoisotopic (exact) mass is 220 g/mol. The molecule has 16 heavy (non-hydrogen) atoms. The largest absolute Gasteiger partial charge is 0.399 e. The quantitative estimate of drug-likeness (QED) is 0.792. The zero-order valence-corrected chi connectivity index (χ0v) is 10.3. The maximum atomic E-state index is 5.80. The van der Waals surface area contributed by atoms with Crippen LogP contribution in [0.5, 0.6) is 0 Å². The van der Waals surface area contributed by atoms with Crippen molar-refractivity contribution in [3.8, 4) is 0 Å². The van der Waals surface area contributed by atoms with Gasteiger partial charge < -0.3 is 10.5 Å². The molecule has 1 aromatic rings. The van der Waals surface area contributed by atoms with Crippen LogP contribution in [0.3, 0.4) is 0 Å². The first-order chi connectivity index (χ1) is 7.53. The predicted octanol–water partition coefficient (Wildman–Crippen LogP) is 2.01. The van der Waals surface area contributed by atoms with Crippen LogP contribution >= 0.6 is 0 Å². The van der Waals surface area contributed by atoms with E-state index in [1.165, 1.54) is 11.1 Å². The third-order valence-corrected chi connectivity index (χ3v) is 3.31. The van der Waals surface area contributed by atoms with Gasteiger partial charge >= 0.3 is 0 Å². The van der Waals surface area contributed by atoms with Gasteiger partial charge in [-0.25, -0.2) is 0 Å². The molecule has 88 valence electrons. The highest BCUT2D eigenvalue weighted by atomic mass is 16.5. The Labute approximate surface area is 97.2 Å². The molecule has 0 unspecified atom stereocenters. The lowest BCUT2D eigenvalue weighted by Gasteiger charge is -2.34. The van der Waals surface area contributed by atoms with E-state index in [2.05, 4.69) is 30.9 Å². The average Bonchev–Trinajstić information content (AvgIpc) is 2.61. The maximum absolute atomic E-state index is 5.80. The van der Waals surface area contributed by atoms with Gasteiger partial charge in [0.15, 0.2) is 0 Å². The van der Waals surface area contributed by atoms with Gasteiger partial charge in [-0.2, -0.15) is 0 Å². The molecule has 1 heterocycles. The molecule has 3 nitrogen and oxygen atoms in total. The Balaban J connectivity index is 2.16. The van der Waals surface area contributed by atoms with Gasteiger partial charge in [0.25, 0.3) is 0 Å². The zero-order valence-electron chi connectivity index (χ0n) is 10.3. The van der Waals surface area contributed by atoms with E-state index in [1.54, 1.807) is 7.11 Å². The van der Waals surface area contributed by atoms with Gasteiger partial charge in [-0.1, -0.05) is 6.07 Å². The number of fused-ring (bicyclic) bond motifs is 1. The van der Waals surface area contributed by atoms with Crippen LogP contribution in [-0.2, 0) is 17.8 Å². The predicted molar refractivity (Wildman–Crippen MR) is 66.1 cm³/mol. The number of ether oxygens (including phenoxy) is 1. The summed E-state index contributed by atoms with van der Waals surface area (Å²) in [7, 11) is 1.75. The number of nitrogens with zero attached hydrogens (tertiary/aromatic N) is 1. The number of methoxy groups -OCH3 is 1. The molecule has 0 spiro atoms. The highest BCUT2D eigenvalue weighted by Crippen LogP contribution is 2.30. The first-order valence-electron chi connectivity index (χ1n) is 5.64. The minimum Gasteiger partial charge on any atom is -0.399 e. The van der Waals surface area contributed by atoms with E-state index < -0.39 is 0 Å². The molecule has 1 aromatic carbocycles. The van der Waals surface area contributed by atoms with Crippen molar-refractivity contribution < 1.29 is 4.74 Å². The fourth-order valence-corrected chi connectivity index (χ4v) is 2.29. The minimum absolute atomic E-state index is 0.0720. The van der Waals surface area contributed by atoms with E-state index in [0.717, 1.165) is 25.4 Å². The van der Waals surface area contributed by atoms with E-state index in [9.17, 15) is 0 Å². The molecule has 0 fully saturated rings. The second-order valence-corrected chi connectivity index (χ2v) is 5.13. The number of anilines is 1. The van der Waals surface area contributed by atoms with E-state index in [0.29, 0.717) is 0 Å². The molecule has 2 N–H and O–H groups in total. The molecule has 0 bridgehead atoms. The fraction of sp³-hybridized carbons (Fsp3) is 0.538. The summed E-state index contributed by atoms with van der Waals surface area (Å²) in [4.78, 5) is 2.43. The van der Waals surface area contributed by atoms with Crippen LogP contribution in [-0.4, -0.2) is 24.2 Å². The molecule has 0 aliphatic carbocycles. The SMILES string of the molecule is COCC(C)(C)N1Cc2ccc(N)cc2C1. The Morgan fingerprint density at radius 2 is 2.00 bits per heavy atom. The summed E-state index contributed by atoms with van der Waals surface area (Å²) >= 11 is 0. The van der Waals surface area contributed by atoms with Crippen LogP contribution < -0.4 is 5.73 Å².